The maximum atomic E-state index is 12.1. The van der Waals surface area contributed by atoms with Gasteiger partial charge in [0.2, 0.25) is 11.8 Å². The standard InChI is InChI=1S/C13H26N4O3/c1-11(13(19)15-6-9-20-3)16(2)10-12(18)17-7-4-14-5-8-17/h11,14H,4-10H2,1-3H3,(H,15,19). The minimum atomic E-state index is -0.335. The number of nitrogens with one attached hydrogen (secondary N) is 2. The molecule has 1 saturated heterocycles. The summed E-state index contributed by atoms with van der Waals surface area (Å²) in [7, 11) is 3.38. The van der Waals surface area contributed by atoms with E-state index in [9.17, 15) is 9.59 Å². The van der Waals surface area contributed by atoms with E-state index in [4.69, 9.17) is 4.74 Å². The van der Waals surface area contributed by atoms with Gasteiger partial charge in [-0.05, 0) is 14.0 Å². The van der Waals surface area contributed by atoms with Crippen LogP contribution in [0.5, 0.6) is 0 Å². The van der Waals surface area contributed by atoms with Gasteiger partial charge < -0.3 is 20.3 Å². The Kier molecular flexibility index (Phi) is 7.50. The van der Waals surface area contributed by atoms with Gasteiger partial charge in [0.15, 0.2) is 0 Å². The number of carbonyl (C=O) groups excluding carboxylic acids is 2. The fraction of sp³-hybridized carbons (Fsp3) is 0.846. The monoisotopic (exact) mass is 286 g/mol. The van der Waals surface area contributed by atoms with E-state index in [2.05, 4.69) is 10.6 Å². The van der Waals surface area contributed by atoms with Crippen LogP contribution in [0.3, 0.4) is 0 Å². The van der Waals surface area contributed by atoms with Gasteiger partial charge in [0.1, 0.15) is 0 Å². The van der Waals surface area contributed by atoms with E-state index in [1.54, 1.807) is 26.0 Å². The molecule has 1 rings (SSSR count). The molecule has 1 unspecified atom stereocenters. The van der Waals surface area contributed by atoms with Gasteiger partial charge in [0.25, 0.3) is 0 Å². The summed E-state index contributed by atoms with van der Waals surface area (Å²) in [6.45, 7) is 6.18. The summed E-state index contributed by atoms with van der Waals surface area (Å²) in [5.41, 5.74) is 0. The van der Waals surface area contributed by atoms with Crippen LogP contribution in [0, 0.1) is 0 Å². The molecular weight excluding hydrogens is 260 g/mol. The molecule has 0 bridgehead atoms. The van der Waals surface area contributed by atoms with Crippen LogP contribution in [0.25, 0.3) is 0 Å². The number of piperazine rings is 1. The highest BCUT2D eigenvalue weighted by molar-refractivity contribution is 5.83. The Morgan fingerprint density at radius 2 is 2.05 bits per heavy atom. The zero-order valence-electron chi connectivity index (χ0n) is 12.6. The number of ether oxygens (including phenoxy) is 1. The second-order valence-electron chi connectivity index (χ2n) is 5.01. The highest BCUT2D eigenvalue weighted by Crippen LogP contribution is 2.00. The van der Waals surface area contributed by atoms with Gasteiger partial charge in [0.05, 0.1) is 19.2 Å². The van der Waals surface area contributed by atoms with Gasteiger partial charge in [-0.15, -0.1) is 0 Å². The summed E-state index contributed by atoms with van der Waals surface area (Å²) in [5, 5.41) is 5.99. The van der Waals surface area contributed by atoms with Crippen molar-refractivity contribution in [1.29, 1.82) is 0 Å². The van der Waals surface area contributed by atoms with Crippen LogP contribution in [0.4, 0.5) is 0 Å². The molecule has 1 heterocycles. The molecule has 1 fully saturated rings. The van der Waals surface area contributed by atoms with E-state index < -0.39 is 0 Å². The molecule has 1 aliphatic rings. The molecule has 0 aromatic heterocycles. The first kappa shape index (κ1) is 16.9. The molecule has 0 spiro atoms. The number of hydrogen-bond donors (Lipinski definition) is 2. The van der Waals surface area contributed by atoms with E-state index in [0.717, 1.165) is 26.2 Å². The van der Waals surface area contributed by atoms with Gasteiger partial charge in [-0.3, -0.25) is 14.5 Å². The summed E-state index contributed by atoms with van der Waals surface area (Å²) in [6, 6.07) is -0.335. The largest absolute Gasteiger partial charge is 0.383 e. The second-order valence-corrected chi connectivity index (χ2v) is 5.01. The summed E-state index contributed by atoms with van der Waals surface area (Å²) < 4.78 is 4.88. The lowest BCUT2D eigenvalue weighted by Gasteiger charge is -2.30. The van der Waals surface area contributed by atoms with Crippen molar-refractivity contribution in [3.8, 4) is 0 Å². The Hall–Kier alpha value is -1.18. The summed E-state index contributed by atoms with van der Waals surface area (Å²) in [4.78, 5) is 27.6. The Balaban J connectivity index is 2.34. The smallest absolute Gasteiger partial charge is 0.237 e. The van der Waals surface area contributed by atoms with Crippen molar-refractivity contribution in [3.63, 3.8) is 0 Å². The highest BCUT2D eigenvalue weighted by Gasteiger charge is 2.23. The van der Waals surface area contributed by atoms with Crippen molar-refractivity contribution in [1.82, 2.24) is 20.4 Å². The second kappa shape index (κ2) is 8.89. The third-order valence-electron chi connectivity index (χ3n) is 3.50. The molecule has 20 heavy (non-hydrogen) atoms. The van der Waals surface area contributed by atoms with Gasteiger partial charge in [-0.2, -0.15) is 0 Å². The molecule has 7 heteroatoms. The van der Waals surface area contributed by atoms with Crippen molar-refractivity contribution in [2.24, 2.45) is 0 Å². The third-order valence-corrected chi connectivity index (χ3v) is 3.50. The molecule has 0 aromatic rings. The van der Waals surface area contributed by atoms with Crippen molar-refractivity contribution in [3.05, 3.63) is 0 Å². The summed E-state index contributed by atoms with van der Waals surface area (Å²) in [6.07, 6.45) is 0. The van der Waals surface area contributed by atoms with Gasteiger partial charge in [-0.1, -0.05) is 0 Å². The first-order chi connectivity index (χ1) is 9.56. The first-order valence-corrected chi connectivity index (χ1v) is 7.01. The molecule has 2 N–H and O–H groups in total. The van der Waals surface area contributed by atoms with Crippen LogP contribution < -0.4 is 10.6 Å². The van der Waals surface area contributed by atoms with Crippen LogP contribution in [0.15, 0.2) is 0 Å². The quantitative estimate of drug-likeness (QED) is 0.557. The molecule has 2 amide bonds. The minimum absolute atomic E-state index is 0.0746. The molecule has 0 aliphatic carbocycles. The Morgan fingerprint density at radius 1 is 1.40 bits per heavy atom. The molecule has 0 saturated carbocycles. The first-order valence-electron chi connectivity index (χ1n) is 7.01. The fourth-order valence-corrected chi connectivity index (χ4v) is 1.99. The number of methoxy groups -OCH3 is 1. The minimum Gasteiger partial charge on any atom is -0.383 e. The summed E-state index contributed by atoms with van der Waals surface area (Å²) >= 11 is 0. The number of nitrogens with zero attached hydrogens (tertiary/aromatic N) is 2. The molecular formula is C13H26N4O3. The number of likely N-dealkylation sites (N-methyl/N-ethyl adjacent to an activating group) is 1. The summed E-state index contributed by atoms with van der Waals surface area (Å²) in [5.74, 6) is -0.0109. The van der Waals surface area contributed by atoms with E-state index in [1.165, 1.54) is 0 Å². The molecule has 116 valence electrons. The zero-order chi connectivity index (χ0) is 15.0. The normalized spacial score (nSPS) is 17.1. The molecule has 0 aromatic carbocycles. The van der Waals surface area contributed by atoms with Crippen molar-refractivity contribution < 1.29 is 14.3 Å². The fourth-order valence-electron chi connectivity index (χ4n) is 1.99. The zero-order valence-corrected chi connectivity index (χ0v) is 12.6. The number of hydrogen-bond acceptors (Lipinski definition) is 5. The van der Waals surface area contributed by atoms with Crippen molar-refractivity contribution in [2.45, 2.75) is 13.0 Å². The topological polar surface area (TPSA) is 73.9 Å². The molecule has 7 nitrogen and oxygen atoms in total. The van der Waals surface area contributed by atoms with E-state index in [0.29, 0.717) is 13.2 Å². The Labute approximate surface area is 120 Å². The van der Waals surface area contributed by atoms with E-state index in [-0.39, 0.29) is 24.4 Å². The van der Waals surface area contributed by atoms with Gasteiger partial charge in [-0.25, -0.2) is 0 Å². The van der Waals surface area contributed by atoms with Crippen LogP contribution in [-0.4, -0.2) is 87.7 Å². The SMILES string of the molecule is COCCNC(=O)C(C)N(C)CC(=O)N1CCNCC1. The van der Waals surface area contributed by atoms with Crippen LogP contribution in [0.2, 0.25) is 0 Å². The number of carbonyl (C=O) groups is 2. The number of rotatable bonds is 7. The molecule has 1 aliphatic heterocycles. The lowest BCUT2D eigenvalue weighted by atomic mass is 10.2. The van der Waals surface area contributed by atoms with E-state index >= 15 is 0 Å². The van der Waals surface area contributed by atoms with Crippen LogP contribution in [0.1, 0.15) is 6.92 Å². The maximum Gasteiger partial charge on any atom is 0.237 e. The van der Waals surface area contributed by atoms with Crippen molar-refractivity contribution in [2.75, 3.05) is 60.0 Å². The average molecular weight is 286 g/mol. The Bertz CT molecular complexity index is 319. The van der Waals surface area contributed by atoms with E-state index in [1.807, 2.05) is 4.90 Å². The highest BCUT2D eigenvalue weighted by atomic mass is 16.5. The Morgan fingerprint density at radius 3 is 2.65 bits per heavy atom. The molecule has 0 radical (unpaired) electrons. The predicted molar refractivity (Wildman–Crippen MR) is 76.4 cm³/mol. The predicted octanol–water partition coefficient (Wildman–Crippen LogP) is -1.50. The lowest BCUT2D eigenvalue weighted by Crippen LogP contribution is -2.52. The molecule has 1 atom stereocenters. The maximum absolute atomic E-state index is 12.1. The van der Waals surface area contributed by atoms with Crippen molar-refractivity contribution >= 4 is 11.8 Å². The van der Waals surface area contributed by atoms with Crippen LogP contribution in [-0.2, 0) is 14.3 Å². The van der Waals surface area contributed by atoms with Crippen LogP contribution >= 0.6 is 0 Å². The number of amides is 2. The average Bonchev–Trinajstić information content (AvgIpc) is 2.47. The lowest BCUT2D eigenvalue weighted by molar-refractivity contribution is -0.134. The third kappa shape index (κ3) is 5.44. The van der Waals surface area contributed by atoms with Gasteiger partial charge in [0, 0.05) is 39.8 Å². The van der Waals surface area contributed by atoms with Gasteiger partial charge >= 0.3 is 0 Å².